The fourth-order valence-corrected chi connectivity index (χ4v) is 6.97. The second-order valence-corrected chi connectivity index (χ2v) is 8.76. The van der Waals surface area contributed by atoms with Crippen LogP contribution in [0.1, 0.15) is 71.6 Å². The predicted octanol–water partition coefficient (Wildman–Crippen LogP) is 5.48. The van der Waals surface area contributed by atoms with Gasteiger partial charge in [0.15, 0.2) is 0 Å². The molecule has 0 unspecified atom stereocenters. The summed E-state index contributed by atoms with van der Waals surface area (Å²) in [7, 11) is 0. The van der Waals surface area contributed by atoms with Crippen molar-refractivity contribution in [2.24, 2.45) is 34.5 Å². The average molecular weight is 283 g/mol. The topological polar surface area (TPSA) is 23.8 Å². The number of nitrogens with zero attached hydrogens (tertiary/aromatic N) is 1. The van der Waals surface area contributed by atoms with Gasteiger partial charge in [0.1, 0.15) is 0 Å². The smallest absolute Gasteiger partial charge is 0.0661 e. The van der Waals surface area contributed by atoms with Crippen LogP contribution in [0, 0.1) is 45.8 Å². The second kappa shape index (κ2) is 4.61. The molecule has 21 heavy (non-hydrogen) atoms. The van der Waals surface area contributed by atoms with Gasteiger partial charge < -0.3 is 0 Å². The van der Waals surface area contributed by atoms with Crippen LogP contribution in [0.4, 0.5) is 0 Å². The highest BCUT2D eigenvalue weighted by atomic mass is 14.6. The minimum absolute atomic E-state index is 0.333. The molecule has 4 aliphatic carbocycles. The van der Waals surface area contributed by atoms with E-state index < -0.39 is 0 Å². The molecule has 0 N–H and O–H groups in total. The highest BCUT2D eigenvalue weighted by Gasteiger charge is 2.58. The van der Waals surface area contributed by atoms with Crippen LogP contribution < -0.4 is 0 Å². The van der Waals surface area contributed by atoms with Gasteiger partial charge in [0.05, 0.1) is 12.0 Å². The Morgan fingerprint density at radius 3 is 2.76 bits per heavy atom. The first-order valence-corrected chi connectivity index (χ1v) is 9.19. The maximum Gasteiger partial charge on any atom is 0.0661 e. The monoisotopic (exact) mass is 283 g/mol. The normalized spacial score (nSPS) is 52.1. The van der Waals surface area contributed by atoms with E-state index in [4.69, 9.17) is 0 Å². The van der Waals surface area contributed by atoms with Gasteiger partial charge in [-0.1, -0.05) is 25.5 Å². The number of fused-ring (bicyclic) bond motifs is 5. The Labute approximate surface area is 129 Å². The molecule has 0 aromatic rings. The first-order chi connectivity index (χ1) is 10.1. The van der Waals surface area contributed by atoms with Crippen molar-refractivity contribution in [1.29, 1.82) is 5.26 Å². The van der Waals surface area contributed by atoms with E-state index in [9.17, 15) is 5.26 Å². The van der Waals surface area contributed by atoms with Crippen LogP contribution in [0.5, 0.6) is 0 Å². The van der Waals surface area contributed by atoms with Crippen LogP contribution in [-0.4, -0.2) is 0 Å². The highest BCUT2D eigenvalue weighted by molar-refractivity contribution is 5.24. The standard InChI is InChI=1S/C20H29N/c1-19-11-4-3-5-14(19)6-8-16-17-9-7-15(13-21)20(17,2)12-10-18(16)19/h5,15-18H,3-4,6-12H2,1-2H3/t15-,16-,17-,18-,19-,20+/m0/s1. The Bertz CT molecular complexity index is 512. The van der Waals surface area contributed by atoms with Gasteiger partial charge in [-0.05, 0) is 86.4 Å². The average Bonchev–Trinajstić information content (AvgIpc) is 2.83. The van der Waals surface area contributed by atoms with E-state index >= 15 is 0 Å². The molecule has 3 fully saturated rings. The Kier molecular flexibility index (Phi) is 3.04. The number of allylic oxidation sites excluding steroid dienone is 2. The van der Waals surface area contributed by atoms with Gasteiger partial charge in [0.2, 0.25) is 0 Å². The number of hydrogen-bond acceptors (Lipinski definition) is 1. The van der Waals surface area contributed by atoms with Gasteiger partial charge in [-0.15, -0.1) is 0 Å². The van der Waals surface area contributed by atoms with E-state index in [1.807, 2.05) is 0 Å². The quantitative estimate of drug-likeness (QED) is 0.540. The number of hydrogen-bond donors (Lipinski definition) is 0. The SMILES string of the molecule is C[C@]12CC[C@H]3[C@@H](CCC4=CCCC[C@@]43C)[C@@H]1CC[C@H]2C#N. The van der Waals surface area contributed by atoms with Crippen molar-refractivity contribution >= 4 is 0 Å². The van der Waals surface area contributed by atoms with E-state index in [1.165, 1.54) is 57.8 Å². The summed E-state index contributed by atoms with van der Waals surface area (Å²) >= 11 is 0. The fraction of sp³-hybridized carbons (Fsp3) is 0.850. The number of nitriles is 1. The van der Waals surface area contributed by atoms with Gasteiger partial charge in [0.25, 0.3) is 0 Å². The zero-order valence-corrected chi connectivity index (χ0v) is 13.7. The lowest BCUT2D eigenvalue weighted by Gasteiger charge is -2.57. The minimum Gasteiger partial charge on any atom is -0.198 e. The van der Waals surface area contributed by atoms with Crippen LogP contribution in [0.3, 0.4) is 0 Å². The van der Waals surface area contributed by atoms with Gasteiger partial charge in [-0.2, -0.15) is 5.26 Å². The van der Waals surface area contributed by atoms with Gasteiger partial charge >= 0.3 is 0 Å². The van der Waals surface area contributed by atoms with Crippen molar-refractivity contribution in [3.63, 3.8) is 0 Å². The zero-order valence-electron chi connectivity index (χ0n) is 13.7. The Hall–Kier alpha value is -0.770. The molecule has 4 aliphatic rings. The molecule has 0 spiro atoms. The third-order valence-corrected chi connectivity index (χ3v) is 8.18. The van der Waals surface area contributed by atoms with E-state index in [1.54, 1.807) is 5.57 Å². The summed E-state index contributed by atoms with van der Waals surface area (Å²) in [6, 6.07) is 2.65. The summed E-state index contributed by atoms with van der Waals surface area (Å²) in [4.78, 5) is 0. The third kappa shape index (κ3) is 1.74. The molecule has 114 valence electrons. The number of rotatable bonds is 0. The van der Waals surface area contributed by atoms with E-state index in [0.29, 0.717) is 16.7 Å². The summed E-state index contributed by atoms with van der Waals surface area (Å²) in [6.45, 7) is 5.03. The molecule has 0 amide bonds. The van der Waals surface area contributed by atoms with Crippen LogP contribution >= 0.6 is 0 Å². The molecule has 0 radical (unpaired) electrons. The lowest BCUT2D eigenvalue weighted by atomic mass is 9.47. The summed E-state index contributed by atoms with van der Waals surface area (Å²) in [5.74, 6) is 2.98. The van der Waals surface area contributed by atoms with Crippen LogP contribution in [-0.2, 0) is 0 Å². The van der Waals surface area contributed by atoms with E-state index in [2.05, 4.69) is 26.0 Å². The van der Waals surface area contributed by atoms with Crippen molar-refractivity contribution < 1.29 is 0 Å². The predicted molar refractivity (Wildman–Crippen MR) is 85.4 cm³/mol. The molecule has 0 heterocycles. The molecular formula is C20H29N. The largest absolute Gasteiger partial charge is 0.198 e. The van der Waals surface area contributed by atoms with Gasteiger partial charge in [0, 0.05) is 0 Å². The van der Waals surface area contributed by atoms with Gasteiger partial charge in [-0.3, -0.25) is 0 Å². The molecule has 1 heteroatoms. The third-order valence-electron chi connectivity index (χ3n) is 8.18. The molecule has 0 saturated heterocycles. The Morgan fingerprint density at radius 2 is 1.95 bits per heavy atom. The lowest BCUT2D eigenvalue weighted by molar-refractivity contribution is -0.0443. The zero-order chi connectivity index (χ0) is 14.7. The molecule has 0 bridgehead atoms. The molecule has 0 aromatic heterocycles. The molecule has 4 rings (SSSR count). The summed E-state index contributed by atoms with van der Waals surface area (Å²) in [5, 5.41) is 9.55. The fourth-order valence-electron chi connectivity index (χ4n) is 6.97. The van der Waals surface area contributed by atoms with Crippen molar-refractivity contribution in [1.82, 2.24) is 0 Å². The van der Waals surface area contributed by atoms with Crippen molar-refractivity contribution in [3.05, 3.63) is 11.6 Å². The maximum atomic E-state index is 9.55. The Morgan fingerprint density at radius 1 is 1.10 bits per heavy atom. The van der Waals surface area contributed by atoms with Crippen LogP contribution in [0.2, 0.25) is 0 Å². The molecular weight excluding hydrogens is 254 g/mol. The van der Waals surface area contributed by atoms with Crippen molar-refractivity contribution in [2.75, 3.05) is 0 Å². The maximum absolute atomic E-state index is 9.55. The van der Waals surface area contributed by atoms with Crippen molar-refractivity contribution in [2.45, 2.75) is 71.6 Å². The minimum atomic E-state index is 0.333. The summed E-state index contributed by atoms with van der Waals surface area (Å²) < 4.78 is 0. The Balaban J connectivity index is 1.68. The van der Waals surface area contributed by atoms with Crippen LogP contribution in [0.15, 0.2) is 11.6 Å². The molecule has 0 aliphatic heterocycles. The van der Waals surface area contributed by atoms with Gasteiger partial charge in [-0.25, -0.2) is 0 Å². The molecule has 6 atom stereocenters. The molecule has 3 saturated carbocycles. The highest BCUT2D eigenvalue weighted by Crippen LogP contribution is 2.66. The summed E-state index contributed by atoms with van der Waals surface area (Å²) in [6.07, 6.45) is 14.7. The molecule has 1 nitrogen and oxygen atoms in total. The van der Waals surface area contributed by atoms with E-state index in [0.717, 1.165) is 17.8 Å². The molecule has 0 aromatic carbocycles. The summed E-state index contributed by atoms with van der Waals surface area (Å²) in [5.41, 5.74) is 2.64. The van der Waals surface area contributed by atoms with Crippen molar-refractivity contribution in [3.8, 4) is 6.07 Å². The second-order valence-electron chi connectivity index (χ2n) is 8.76. The van der Waals surface area contributed by atoms with Crippen LogP contribution in [0.25, 0.3) is 0 Å². The van der Waals surface area contributed by atoms with E-state index in [-0.39, 0.29) is 0 Å². The first-order valence-electron chi connectivity index (χ1n) is 9.19. The first kappa shape index (κ1) is 13.9. The lowest BCUT2D eigenvalue weighted by Crippen LogP contribution is -2.49.